The molecule has 1 heterocycles. The number of carbonyl (C=O) groups excluding carboxylic acids is 2. The van der Waals surface area contributed by atoms with E-state index in [4.69, 9.17) is 4.74 Å². The van der Waals surface area contributed by atoms with Crippen molar-refractivity contribution in [2.45, 2.75) is 26.4 Å². The van der Waals surface area contributed by atoms with Crippen LogP contribution in [0.3, 0.4) is 0 Å². The lowest BCUT2D eigenvalue weighted by atomic mass is 10.2. The van der Waals surface area contributed by atoms with Crippen LogP contribution in [0.4, 0.5) is 4.79 Å². The van der Waals surface area contributed by atoms with Crippen molar-refractivity contribution in [2.24, 2.45) is 0 Å². The number of rotatable bonds is 2. The first-order valence-corrected chi connectivity index (χ1v) is 5.78. The molecule has 0 aromatic carbocycles. The number of aromatic nitrogens is 1. The highest BCUT2D eigenvalue weighted by Crippen LogP contribution is 2.06. The van der Waals surface area contributed by atoms with Crippen LogP contribution >= 0.6 is 0 Å². The summed E-state index contributed by atoms with van der Waals surface area (Å²) < 4.78 is 5.05. The first-order chi connectivity index (χ1) is 8.92. The molecule has 100 valence electrons. The van der Waals surface area contributed by atoms with Gasteiger partial charge in [-0.1, -0.05) is 5.92 Å². The van der Waals surface area contributed by atoms with E-state index in [0.29, 0.717) is 17.5 Å². The number of hydrogen-bond donors (Lipinski definition) is 1. The Bertz CT molecular complexity index is 521. The third-order valence-corrected chi connectivity index (χ3v) is 1.89. The molecule has 1 rings (SSSR count). The molecule has 0 saturated heterocycles. The Balaban J connectivity index is 2.52. The van der Waals surface area contributed by atoms with Crippen LogP contribution in [0.1, 0.15) is 36.8 Å². The first-order valence-electron chi connectivity index (χ1n) is 5.78. The lowest BCUT2D eigenvalue weighted by Crippen LogP contribution is -2.32. The normalized spacial score (nSPS) is 10.1. The van der Waals surface area contributed by atoms with Gasteiger partial charge < -0.3 is 10.1 Å². The summed E-state index contributed by atoms with van der Waals surface area (Å²) in [6.07, 6.45) is 1.72. The third-order valence-electron chi connectivity index (χ3n) is 1.89. The number of aldehydes is 1. The predicted molar refractivity (Wildman–Crippen MR) is 70.7 cm³/mol. The van der Waals surface area contributed by atoms with Crippen molar-refractivity contribution in [2.75, 3.05) is 6.54 Å². The number of nitrogens with zero attached hydrogens (tertiary/aromatic N) is 1. The van der Waals surface area contributed by atoms with E-state index in [1.165, 1.54) is 0 Å². The number of carbonyl (C=O) groups is 2. The third kappa shape index (κ3) is 5.68. The quantitative estimate of drug-likeness (QED) is 0.650. The zero-order valence-corrected chi connectivity index (χ0v) is 11.2. The van der Waals surface area contributed by atoms with Crippen LogP contribution in [0.15, 0.2) is 18.3 Å². The molecule has 5 nitrogen and oxygen atoms in total. The van der Waals surface area contributed by atoms with Gasteiger partial charge in [0.25, 0.3) is 0 Å². The molecule has 0 aliphatic rings. The van der Waals surface area contributed by atoms with Crippen molar-refractivity contribution in [3.05, 3.63) is 29.6 Å². The summed E-state index contributed by atoms with van der Waals surface area (Å²) in [5.74, 6) is 5.43. The highest BCUT2D eigenvalue weighted by Gasteiger charge is 2.14. The SMILES string of the molecule is CC(C)(C)OC(=O)NCC#Cc1ncccc1C=O. The van der Waals surface area contributed by atoms with Gasteiger partial charge in [-0.3, -0.25) is 4.79 Å². The predicted octanol–water partition coefficient (Wildman–Crippen LogP) is 1.77. The second-order valence-corrected chi connectivity index (χ2v) is 4.72. The van der Waals surface area contributed by atoms with Crippen LogP contribution in [0, 0.1) is 11.8 Å². The van der Waals surface area contributed by atoms with Crippen molar-refractivity contribution < 1.29 is 14.3 Å². The van der Waals surface area contributed by atoms with Crippen LogP contribution in [0.5, 0.6) is 0 Å². The second-order valence-electron chi connectivity index (χ2n) is 4.72. The maximum absolute atomic E-state index is 11.3. The number of amides is 1. The molecule has 0 aliphatic heterocycles. The van der Waals surface area contributed by atoms with E-state index >= 15 is 0 Å². The van der Waals surface area contributed by atoms with Gasteiger partial charge in [0.1, 0.15) is 11.3 Å². The van der Waals surface area contributed by atoms with Gasteiger partial charge in [0.15, 0.2) is 6.29 Å². The van der Waals surface area contributed by atoms with Crippen molar-refractivity contribution in [3.8, 4) is 11.8 Å². The molecule has 0 aliphatic carbocycles. The van der Waals surface area contributed by atoms with Gasteiger partial charge >= 0.3 is 6.09 Å². The number of pyridine rings is 1. The minimum atomic E-state index is -0.539. The fourth-order valence-corrected chi connectivity index (χ4v) is 1.18. The van der Waals surface area contributed by atoms with Crippen LogP contribution in [0.25, 0.3) is 0 Å². The molecular formula is C14H16N2O3. The van der Waals surface area contributed by atoms with Crippen molar-refractivity contribution in [1.29, 1.82) is 0 Å². The van der Waals surface area contributed by atoms with Crippen molar-refractivity contribution >= 4 is 12.4 Å². The molecule has 0 fully saturated rings. The van der Waals surface area contributed by atoms with E-state index in [-0.39, 0.29) is 6.54 Å². The molecule has 0 unspecified atom stereocenters. The molecule has 0 saturated carbocycles. The largest absolute Gasteiger partial charge is 0.444 e. The summed E-state index contributed by atoms with van der Waals surface area (Å²) in [5, 5.41) is 2.50. The molecule has 1 aromatic rings. The highest BCUT2D eigenvalue weighted by atomic mass is 16.6. The summed E-state index contributed by atoms with van der Waals surface area (Å²) in [7, 11) is 0. The van der Waals surface area contributed by atoms with Gasteiger partial charge in [0.05, 0.1) is 6.54 Å². The Morgan fingerprint density at radius 3 is 2.89 bits per heavy atom. The number of hydrogen-bond acceptors (Lipinski definition) is 4. The minimum Gasteiger partial charge on any atom is -0.444 e. The topological polar surface area (TPSA) is 68.3 Å². The Hall–Kier alpha value is -2.35. The lowest BCUT2D eigenvalue weighted by Gasteiger charge is -2.18. The van der Waals surface area contributed by atoms with Crippen LogP contribution in [0.2, 0.25) is 0 Å². The minimum absolute atomic E-state index is 0.129. The molecule has 19 heavy (non-hydrogen) atoms. The van der Waals surface area contributed by atoms with E-state index < -0.39 is 11.7 Å². The van der Waals surface area contributed by atoms with Crippen LogP contribution < -0.4 is 5.32 Å². The number of nitrogens with one attached hydrogen (secondary N) is 1. The summed E-state index contributed by atoms with van der Waals surface area (Å²) >= 11 is 0. The molecular weight excluding hydrogens is 244 g/mol. The fraction of sp³-hybridized carbons (Fsp3) is 0.357. The standard InChI is InChI=1S/C14H16N2O3/c1-14(2,3)19-13(18)16-9-5-7-12-11(10-17)6-4-8-15-12/h4,6,8,10H,9H2,1-3H3,(H,16,18). The number of alkyl carbamates (subject to hydrolysis) is 1. The van der Waals surface area contributed by atoms with Gasteiger partial charge in [-0.25, -0.2) is 9.78 Å². The lowest BCUT2D eigenvalue weighted by molar-refractivity contribution is 0.0535. The summed E-state index contributed by atoms with van der Waals surface area (Å²) in [6.45, 7) is 5.47. The molecule has 0 bridgehead atoms. The Morgan fingerprint density at radius 2 is 2.26 bits per heavy atom. The molecule has 1 aromatic heterocycles. The van der Waals surface area contributed by atoms with Gasteiger partial charge in [-0.15, -0.1) is 0 Å². The molecule has 1 amide bonds. The van der Waals surface area contributed by atoms with Gasteiger partial charge in [0.2, 0.25) is 0 Å². The van der Waals surface area contributed by atoms with Gasteiger partial charge in [-0.05, 0) is 38.8 Å². The molecule has 0 atom stereocenters. The molecule has 0 spiro atoms. The zero-order valence-electron chi connectivity index (χ0n) is 11.2. The average Bonchev–Trinajstić information content (AvgIpc) is 2.33. The zero-order chi connectivity index (χ0) is 14.3. The smallest absolute Gasteiger partial charge is 0.408 e. The molecule has 5 heteroatoms. The second kappa shape index (κ2) is 6.55. The van der Waals surface area contributed by atoms with Crippen LogP contribution in [-0.2, 0) is 4.74 Å². The van der Waals surface area contributed by atoms with E-state index in [1.807, 2.05) is 0 Å². The Kier molecular flexibility index (Phi) is 5.07. The monoisotopic (exact) mass is 260 g/mol. The van der Waals surface area contributed by atoms with E-state index in [1.54, 1.807) is 39.1 Å². The van der Waals surface area contributed by atoms with Crippen molar-refractivity contribution in [1.82, 2.24) is 10.3 Å². The van der Waals surface area contributed by atoms with Gasteiger partial charge in [0, 0.05) is 11.8 Å². The maximum Gasteiger partial charge on any atom is 0.408 e. The fourth-order valence-electron chi connectivity index (χ4n) is 1.18. The van der Waals surface area contributed by atoms with Crippen LogP contribution in [-0.4, -0.2) is 29.5 Å². The summed E-state index contributed by atoms with van der Waals surface area (Å²) in [6, 6.07) is 3.29. The Labute approximate surface area is 112 Å². The van der Waals surface area contributed by atoms with Crippen molar-refractivity contribution in [3.63, 3.8) is 0 Å². The first kappa shape index (κ1) is 14.7. The van der Waals surface area contributed by atoms with E-state index in [9.17, 15) is 9.59 Å². The summed E-state index contributed by atoms with van der Waals surface area (Å²) in [4.78, 5) is 26.0. The summed E-state index contributed by atoms with van der Waals surface area (Å²) in [5.41, 5.74) is 0.277. The molecule has 1 N–H and O–H groups in total. The van der Waals surface area contributed by atoms with E-state index in [0.717, 1.165) is 0 Å². The average molecular weight is 260 g/mol. The van der Waals surface area contributed by atoms with E-state index in [2.05, 4.69) is 22.1 Å². The highest BCUT2D eigenvalue weighted by molar-refractivity contribution is 5.78. The number of ether oxygens (including phenoxy) is 1. The van der Waals surface area contributed by atoms with Gasteiger partial charge in [-0.2, -0.15) is 0 Å². The Morgan fingerprint density at radius 1 is 1.53 bits per heavy atom. The maximum atomic E-state index is 11.3. The molecule has 0 radical (unpaired) electrons.